The van der Waals surface area contributed by atoms with Crippen molar-refractivity contribution in [3.8, 4) is 0 Å². The highest BCUT2D eigenvalue weighted by Crippen LogP contribution is 2.29. The normalized spacial score (nSPS) is 21.6. The average Bonchev–Trinajstić information content (AvgIpc) is 2.81. The summed E-state index contributed by atoms with van der Waals surface area (Å²) >= 11 is 0. The maximum absolute atomic E-state index is 11.0. The molecule has 1 aromatic rings. The van der Waals surface area contributed by atoms with Gasteiger partial charge in [0.25, 0.3) is 5.69 Å². The van der Waals surface area contributed by atoms with Crippen molar-refractivity contribution in [2.45, 2.75) is 25.4 Å². The van der Waals surface area contributed by atoms with E-state index in [1.165, 1.54) is 18.2 Å². The number of nitro benzene ring substituents is 1. The monoisotopic (exact) mass is 279 g/mol. The van der Waals surface area contributed by atoms with Gasteiger partial charge in [-0.15, -0.1) is 0 Å². The fraction of sp³-hybridized carbons (Fsp3) is 0.462. The number of anilines is 1. The minimum atomic E-state index is -0.696. The molecule has 7 nitrogen and oxygen atoms in total. The number of hydrogen-bond acceptors (Lipinski definition) is 5. The van der Waals surface area contributed by atoms with Crippen LogP contribution in [-0.2, 0) is 0 Å². The smallest absolute Gasteiger partial charge is 0.293 e. The third-order valence-corrected chi connectivity index (χ3v) is 3.57. The van der Waals surface area contributed by atoms with E-state index in [2.05, 4.69) is 5.32 Å². The lowest BCUT2D eigenvalue weighted by Gasteiger charge is -2.12. The van der Waals surface area contributed by atoms with Gasteiger partial charge in [-0.2, -0.15) is 0 Å². The van der Waals surface area contributed by atoms with Crippen LogP contribution in [0.25, 0.3) is 0 Å². The lowest BCUT2D eigenvalue weighted by atomic mass is 10.1. The molecule has 1 fully saturated rings. The molecule has 0 heterocycles. The predicted octanol–water partition coefficient (Wildman–Crippen LogP) is 1.27. The van der Waals surface area contributed by atoms with E-state index in [0.29, 0.717) is 24.6 Å². The van der Waals surface area contributed by atoms with E-state index in [1.807, 2.05) is 0 Å². The second-order valence-electron chi connectivity index (χ2n) is 5.07. The van der Waals surface area contributed by atoms with Gasteiger partial charge in [-0.1, -0.05) is 0 Å². The molecule has 108 valence electrons. The molecule has 7 heteroatoms. The summed E-state index contributed by atoms with van der Waals surface area (Å²) in [5, 5.41) is 23.5. The molecular formula is C13H17N3O4. The molecule has 1 amide bonds. The summed E-state index contributed by atoms with van der Waals surface area (Å²) in [7, 11) is 0. The lowest BCUT2D eigenvalue weighted by molar-refractivity contribution is -0.384. The molecule has 4 N–H and O–H groups in total. The zero-order chi connectivity index (χ0) is 14.7. The minimum absolute atomic E-state index is 0.110. The molecule has 0 bridgehead atoms. The van der Waals surface area contributed by atoms with Crippen LogP contribution < -0.4 is 11.1 Å². The van der Waals surface area contributed by atoms with Crippen LogP contribution in [0.4, 0.5) is 11.4 Å². The van der Waals surface area contributed by atoms with Crippen molar-refractivity contribution in [3.63, 3.8) is 0 Å². The average molecular weight is 279 g/mol. The van der Waals surface area contributed by atoms with Gasteiger partial charge in [0.15, 0.2) is 0 Å². The Hall–Kier alpha value is -2.15. The molecule has 0 spiro atoms. The van der Waals surface area contributed by atoms with Crippen LogP contribution in [0.5, 0.6) is 0 Å². The largest absolute Gasteiger partial charge is 0.393 e. The van der Waals surface area contributed by atoms with Crippen molar-refractivity contribution in [2.24, 2.45) is 11.7 Å². The van der Waals surface area contributed by atoms with E-state index >= 15 is 0 Å². The van der Waals surface area contributed by atoms with Gasteiger partial charge < -0.3 is 16.2 Å². The summed E-state index contributed by atoms with van der Waals surface area (Å²) in [5.41, 5.74) is 5.42. The zero-order valence-electron chi connectivity index (χ0n) is 10.9. The van der Waals surface area contributed by atoms with Gasteiger partial charge >= 0.3 is 0 Å². The lowest BCUT2D eigenvalue weighted by Crippen LogP contribution is -2.15. The Balaban J connectivity index is 2.10. The SMILES string of the molecule is NC(=O)c1ccc(NCC2CCC(O)C2)c([N+](=O)[O-])c1. The molecule has 0 aromatic heterocycles. The minimum Gasteiger partial charge on any atom is -0.393 e. The zero-order valence-corrected chi connectivity index (χ0v) is 10.9. The number of nitrogens with zero attached hydrogens (tertiary/aromatic N) is 1. The number of nitro groups is 1. The second kappa shape index (κ2) is 5.87. The number of nitrogens with two attached hydrogens (primary N) is 1. The first-order valence-electron chi connectivity index (χ1n) is 6.47. The number of aliphatic hydroxyl groups excluding tert-OH is 1. The van der Waals surface area contributed by atoms with Gasteiger partial charge in [-0.3, -0.25) is 14.9 Å². The van der Waals surface area contributed by atoms with E-state index in [9.17, 15) is 20.0 Å². The highest BCUT2D eigenvalue weighted by atomic mass is 16.6. The molecule has 2 rings (SSSR count). The summed E-state index contributed by atoms with van der Waals surface area (Å²) < 4.78 is 0. The van der Waals surface area contributed by atoms with Gasteiger partial charge in [-0.25, -0.2) is 0 Å². The van der Waals surface area contributed by atoms with Crippen molar-refractivity contribution < 1.29 is 14.8 Å². The van der Waals surface area contributed by atoms with Crippen molar-refractivity contribution in [1.82, 2.24) is 0 Å². The molecule has 20 heavy (non-hydrogen) atoms. The van der Waals surface area contributed by atoms with Crippen LogP contribution in [-0.4, -0.2) is 28.6 Å². The van der Waals surface area contributed by atoms with Crippen LogP contribution in [0, 0.1) is 16.0 Å². The summed E-state index contributed by atoms with van der Waals surface area (Å²) in [4.78, 5) is 21.5. The number of carbonyl (C=O) groups excluding carboxylic acids is 1. The van der Waals surface area contributed by atoms with Crippen LogP contribution >= 0.6 is 0 Å². The third kappa shape index (κ3) is 3.24. The van der Waals surface area contributed by atoms with E-state index in [0.717, 1.165) is 12.8 Å². The highest BCUT2D eigenvalue weighted by molar-refractivity contribution is 5.94. The second-order valence-corrected chi connectivity index (χ2v) is 5.07. The Morgan fingerprint density at radius 2 is 2.25 bits per heavy atom. The summed E-state index contributed by atoms with van der Waals surface area (Å²) in [6.07, 6.45) is 2.12. The Morgan fingerprint density at radius 3 is 2.80 bits per heavy atom. The first-order chi connectivity index (χ1) is 9.47. The van der Waals surface area contributed by atoms with E-state index < -0.39 is 10.8 Å². The van der Waals surface area contributed by atoms with E-state index in [1.54, 1.807) is 0 Å². The number of amides is 1. The number of benzene rings is 1. The fourth-order valence-corrected chi connectivity index (χ4v) is 2.47. The predicted molar refractivity (Wildman–Crippen MR) is 73.5 cm³/mol. The quantitative estimate of drug-likeness (QED) is 0.554. The number of carbonyl (C=O) groups is 1. The third-order valence-electron chi connectivity index (χ3n) is 3.57. The first kappa shape index (κ1) is 14.3. The number of nitrogens with one attached hydrogen (secondary N) is 1. The summed E-state index contributed by atoms with van der Waals surface area (Å²) in [6, 6.07) is 4.12. The molecule has 0 radical (unpaired) electrons. The van der Waals surface area contributed by atoms with Crippen molar-refractivity contribution >= 4 is 17.3 Å². The Labute approximate surface area is 115 Å². The topological polar surface area (TPSA) is 118 Å². The highest BCUT2D eigenvalue weighted by Gasteiger charge is 2.23. The maximum Gasteiger partial charge on any atom is 0.293 e. The maximum atomic E-state index is 11.0. The van der Waals surface area contributed by atoms with Crippen LogP contribution in [0.3, 0.4) is 0 Å². The fourth-order valence-electron chi connectivity index (χ4n) is 2.47. The van der Waals surface area contributed by atoms with E-state index in [4.69, 9.17) is 5.73 Å². The van der Waals surface area contributed by atoms with Gasteiger partial charge in [0, 0.05) is 18.2 Å². The Kier molecular flexibility index (Phi) is 4.19. The van der Waals surface area contributed by atoms with Gasteiger partial charge in [0.1, 0.15) is 5.69 Å². The van der Waals surface area contributed by atoms with Gasteiger partial charge in [-0.05, 0) is 37.3 Å². The molecule has 0 aliphatic heterocycles. The van der Waals surface area contributed by atoms with Crippen LogP contribution in [0.2, 0.25) is 0 Å². The molecule has 1 aliphatic carbocycles. The number of aliphatic hydroxyl groups is 1. The van der Waals surface area contributed by atoms with Gasteiger partial charge in [0.05, 0.1) is 11.0 Å². The molecule has 1 saturated carbocycles. The van der Waals surface area contributed by atoms with E-state index in [-0.39, 0.29) is 17.4 Å². The summed E-state index contributed by atoms with van der Waals surface area (Å²) in [5.74, 6) is -0.390. The standard InChI is InChI=1S/C13H17N3O4/c14-13(18)9-2-4-11(12(6-9)16(19)20)15-7-8-1-3-10(17)5-8/h2,4,6,8,10,15,17H,1,3,5,7H2,(H2,14,18). The van der Waals surface area contributed by atoms with Crippen LogP contribution in [0.15, 0.2) is 18.2 Å². The van der Waals surface area contributed by atoms with Gasteiger partial charge in [0.2, 0.25) is 5.91 Å². The molecule has 2 atom stereocenters. The molecule has 2 unspecified atom stereocenters. The molecule has 0 saturated heterocycles. The number of hydrogen-bond donors (Lipinski definition) is 3. The van der Waals surface area contributed by atoms with Crippen molar-refractivity contribution in [2.75, 3.05) is 11.9 Å². The van der Waals surface area contributed by atoms with Crippen molar-refractivity contribution in [1.29, 1.82) is 0 Å². The van der Waals surface area contributed by atoms with Crippen LogP contribution in [0.1, 0.15) is 29.6 Å². The molecule has 1 aliphatic rings. The number of primary amides is 1. The molecule has 1 aromatic carbocycles. The first-order valence-corrected chi connectivity index (χ1v) is 6.47. The summed E-state index contributed by atoms with van der Waals surface area (Å²) in [6.45, 7) is 0.563. The van der Waals surface area contributed by atoms with Crippen molar-refractivity contribution in [3.05, 3.63) is 33.9 Å². The number of rotatable bonds is 5. The Bertz CT molecular complexity index is 532. The molecular weight excluding hydrogens is 262 g/mol. The Morgan fingerprint density at radius 1 is 1.50 bits per heavy atom.